The van der Waals surface area contributed by atoms with Crippen LogP contribution in [0.15, 0.2) is 36.5 Å². The van der Waals surface area contributed by atoms with Gasteiger partial charge < -0.3 is 10.1 Å². The minimum absolute atomic E-state index is 0.188. The average Bonchev–Trinajstić information content (AvgIpc) is 2.44. The number of halogens is 1. The van der Waals surface area contributed by atoms with Crippen LogP contribution in [0.1, 0.15) is 31.0 Å². The van der Waals surface area contributed by atoms with E-state index < -0.39 is 0 Å². The SMILES string of the molecule is CCOc1ccc(C(C)Nc2cnc(Cl)c(C)c2)cc1. The molecular formula is C16H19ClN2O. The quantitative estimate of drug-likeness (QED) is 0.816. The van der Waals surface area contributed by atoms with Gasteiger partial charge in [-0.2, -0.15) is 0 Å². The number of anilines is 1. The number of benzene rings is 1. The molecule has 0 aliphatic heterocycles. The second-order valence-corrected chi connectivity index (χ2v) is 5.06. The van der Waals surface area contributed by atoms with E-state index in [-0.39, 0.29) is 6.04 Å². The summed E-state index contributed by atoms with van der Waals surface area (Å²) in [6.07, 6.45) is 1.75. The minimum Gasteiger partial charge on any atom is -0.494 e. The van der Waals surface area contributed by atoms with E-state index in [1.165, 1.54) is 5.56 Å². The highest BCUT2D eigenvalue weighted by molar-refractivity contribution is 6.30. The fourth-order valence-corrected chi connectivity index (χ4v) is 2.09. The van der Waals surface area contributed by atoms with E-state index in [4.69, 9.17) is 16.3 Å². The Balaban J connectivity index is 2.06. The molecule has 0 fully saturated rings. The standard InChI is InChI=1S/C16H19ClN2O/c1-4-20-15-7-5-13(6-8-15)12(3)19-14-9-11(2)16(17)18-10-14/h5-10,12,19H,4H2,1-3H3. The largest absolute Gasteiger partial charge is 0.494 e. The zero-order valence-electron chi connectivity index (χ0n) is 12.0. The van der Waals surface area contributed by atoms with Gasteiger partial charge >= 0.3 is 0 Å². The van der Waals surface area contributed by atoms with Gasteiger partial charge in [-0.15, -0.1) is 0 Å². The Morgan fingerprint density at radius 1 is 1.30 bits per heavy atom. The fraction of sp³-hybridized carbons (Fsp3) is 0.312. The molecule has 0 saturated heterocycles. The van der Waals surface area contributed by atoms with Gasteiger partial charge in [0.15, 0.2) is 0 Å². The molecule has 4 heteroatoms. The van der Waals surface area contributed by atoms with E-state index in [0.29, 0.717) is 11.8 Å². The first kappa shape index (κ1) is 14.7. The van der Waals surface area contributed by atoms with Gasteiger partial charge in [-0.05, 0) is 50.1 Å². The molecule has 2 rings (SSSR count). The number of pyridine rings is 1. The molecule has 0 saturated carbocycles. The second-order valence-electron chi connectivity index (χ2n) is 4.70. The Bertz CT molecular complexity index is 569. The summed E-state index contributed by atoms with van der Waals surface area (Å²) in [4.78, 5) is 4.15. The normalized spacial score (nSPS) is 12.0. The molecule has 106 valence electrons. The number of ether oxygens (including phenoxy) is 1. The van der Waals surface area contributed by atoms with Crippen molar-refractivity contribution in [3.63, 3.8) is 0 Å². The lowest BCUT2D eigenvalue weighted by molar-refractivity contribution is 0.340. The lowest BCUT2D eigenvalue weighted by Crippen LogP contribution is -2.07. The molecule has 0 spiro atoms. The smallest absolute Gasteiger partial charge is 0.132 e. The number of nitrogens with one attached hydrogen (secondary N) is 1. The maximum Gasteiger partial charge on any atom is 0.132 e. The third-order valence-electron chi connectivity index (χ3n) is 3.09. The van der Waals surface area contributed by atoms with E-state index in [1.807, 2.05) is 32.0 Å². The summed E-state index contributed by atoms with van der Waals surface area (Å²) in [6.45, 7) is 6.72. The molecule has 1 N–H and O–H groups in total. The zero-order chi connectivity index (χ0) is 14.5. The maximum atomic E-state index is 5.93. The summed E-state index contributed by atoms with van der Waals surface area (Å²) in [7, 11) is 0. The van der Waals surface area contributed by atoms with Crippen LogP contribution in [0.25, 0.3) is 0 Å². The van der Waals surface area contributed by atoms with Crippen molar-refractivity contribution in [3.05, 3.63) is 52.8 Å². The van der Waals surface area contributed by atoms with Crippen molar-refractivity contribution in [2.45, 2.75) is 26.8 Å². The summed E-state index contributed by atoms with van der Waals surface area (Å²) in [5.74, 6) is 0.896. The van der Waals surface area contributed by atoms with Gasteiger partial charge in [-0.3, -0.25) is 0 Å². The Morgan fingerprint density at radius 2 is 2.00 bits per heavy atom. The average molecular weight is 291 g/mol. The summed E-state index contributed by atoms with van der Waals surface area (Å²) < 4.78 is 5.44. The van der Waals surface area contributed by atoms with Gasteiger partial charge in [0.25, 0.3) is 0 Å². The Hall–Kier alpha value is -1.74. The van der Waals surface area contributed by atoms with Crippen molar-refractivity contribution in [1.29, 1.82) is 0 Å². The van der Waals surface area contributed by atoms with E-state index in [0.717, 1.165) is 17.0 Å². The predicted octanol–water partition coefficient (Wildman–Crippen LogP) is 4.62. The van der Waals surface area contributed by atoms with Crippen LogP contribution in [0.2, 0.25) is 5.15 Å². The molecular weight excluding hydrogens is 272 g/mol. The van der Waals surface area contributed by atoms with Crippen LogP contribution in [0.4, 0.5) is 5.69 Å². The van der Waals surface area contributed by atoms with Crippen LogP contribution < -0.4 is 10.1 Å². The van der Waals surface area contributed by atoms with Crippen LogP contribution >= 0.6 is 11.6 Å². The highest BCUT2D eigenvalue weighted by Crippen LogP contribution is 2.23. The molecule has 0 amide bonds. The van der Waals surface area contributed by atoms with Crippen LogP contribution in [-0.4, -0.2) is 11.6 Å². The topological polar surface area (TPSA) is 34.1 Å². The minimum atomic E-state index is 0.188. The molecule has 1 atom stereocenters. The van der Waals surface area contributed by atoms with Crippen molar-refractivity contribution in [2.24, 2.45) is 0 Å². The van der Waals surface area contributed by atoms with Crippen molar-refractivity contribution in [2.75, 3.05) is 11.9 Å². The number of hydrogen-bond acceptors (Lipinski definition) is 3. The summed E-state index contributed by atoms with van der Waals surface area (Å²) in [5, 5.41) is 3.96. The number of aryl methyl sites for hydroxylation is 1. The highest BCUT2D eigenvalue weighted by Gasteiger charge is 2.07. The van der Waals surface area contributed by atoms with Crippen molar-refractivity contribution >= 4 is 17.3 Å². The van der Waals surface area contributed by atoms with E-state index in [9.17, 15) is 0 Å². The van der Waals surface area contributed by atoms with Gasteiger partial charge in [0.2, 0.25) is 0 Å². The Morgan fingerprint density at radius 3 is 2.60 bits per heavy atom. The van der Waals surface area contributed by atoms with Crippen molar-refractivity contribution in [3.8, 4) is 5.75 Å². The number of hydrogen-bond donors (Lipinski definition) is 1. The van der Waals surface area contributed by atoms with Crippen molar-refractivity contribution in [1.82, 2.24) is 4.98 Å². The lowest BCUT2D eigenvalue weighted by Gasteiger charge is -2.16. The summed E-state index contributed by atoms with van der Waals surface area (Å²) in [6, 6.07) is 10.3. The number of rotatable bonds is 5. The molecule has 1 heterocycles. The van der Waals surface area contributed by atoms with Crippen LogP contribution in [0.5, 0.6) is 5.75 Å². The van der Waals surface area contributed by atoms with E-state index in [1.54, 1.807) is 6.20 Å². The van der Waals surface area contributed by atoms with Crippen LogP contribution in [-0.2, 0) is 0 Å². The first-order valence-corrected chi connectivity index (χ1v) is 7.09. The molecule has 0 bridgehead atoms. The van der Waals surface area contributed by atoms with Gasteiger partial charge in [-0.1, -0.05) is 23.7 Å². The summed E-state index contributed by atoms with van der Waals surface area (Å²) >= 11 is 5.93. The predicted molar refractivity (Wildman–Crippen MR) is 83.6 cm³/mol. The molecule has 20 heavy (non-hydrogen) atoms. The first-order chi connectivity index (χ1) is 9.60. The third kappa shape index (κ3) is 3.64. The zero-order valence-corrected chi connectivity index (χ0v) is 12.7. The Kier molecular flexibility index (Phi) is 4.85. The van der Waals surface area contributed by atoms with Gasteiger partial charge in [0.1, 0.15) is 10.9 Å². The second kappa shape index (κ2) is 6.62. The Labute approximate surface area is 124 Å². The molecule has 3 nitrogen and oxygen atoms in total. The number of aromatic nitrogens is 1. The molecule has 0 aliphatic rings. The van der Waals surface area contributed by atoms with Crippen LogP contribution in [0.3, 0.4) is 0 Å². The van der Waals surface area contributed by atoms with Crippen LogP contribution in [0, 0.1) is 6.92 Å². The van der Waals surface area contributed by atoms with Gasteiger partial charge in [-0.25, -0.2) is 4.98 Å². The summed E-state index contributed by atoms with van der Waals surface area (Å²) in [5.41, 5.74) is 3.13. The molecule has 0 aliphatic carbocycles. The van der Waals surface area contributed by atoms with E-state index in [2.05, 4.69) is 29.4 Å². The monoisotopic (exact) mass is 290 g/mol. The third-order valence-corrected chi connectivity index (χ3v) is 3.48. The number of nitrogens with zero attached hydrogens (tertiary/aromatic N) is 1. The van der Waals surface area contributed by atoms with Gasteiger partial charge in [0, 0.05) is 6.04 Å². The highest BCUT2D eigenvalue weighted by atomic mass is 35.5. The molecule has 1 aromatic carbocycles. The molecule has 2 aromatic rings. The van der Waals surface area contributed by atoms with Crippen molar-refractivity contribution < 1.29 is 4.74 Å². The van der Waals surface area contributed by atoms with Gasteiger partial charge in [0.05, 0.1) is 18.5 Å². The molecule has 1 unspecified atom stereocenters. The molecule has 0 radical (unpaired) electrons. The molecule has 1 aromatic heterocycles. The fourth-order valence-electron chi connectivity index (χ4n) is 1.99. The maximum absolute atomic E-state index is 5.93. The van der Waals surface area contributed by atoms with E-state index >= 15 is 0 Å². The lowest BCUT2D eigenvalue weighted by atomic mass is 10.1. The first-order valence-electron chi connectivity index (χ1n) is 6.71.